The molecule has 1 fully saturated rings. The lowest BCUT2D eigenvalue weighted by molar-refractivity contribution is 0.555. The van der Waals surface area contributed by atoms with Crippen molar-refractivity contribution in [3.05, 3.63) is 29.8 Å². The molecule has 0 amide bonds. The van der Waals surface area contributed by atoms with Crippen molar-refractivity contribution >= 4 is 5.69 Å². The minimum absolute atomic E-state index is 0.393. The molecule has 0 unspecified atom stereocenters. The molecule has 0 aromatic heterocycles. The van der Waals surface area contributed by atoms with Gasteiger partial charge in [-0.1, -0.05) is 32.0 Å². The number of hydrogen-bond acceptors (Lipinski definition) is 2. The van der Waals surface area contributed by atoms with Crippen LogP contribution >= 0.6 is 0 Å². The normalized spacial score (nSPS) is 17.5. The lowest BCUT2D eigenvalue weighted by Gasteiger charge is -2.18. The Hall–Kier alpha value is -1.02. The van der Waals surface area contributed by atoms with Crippen LogP contribution in [-0.4, -0.2) is 13.1 Å². The van der Waals surface area contributed by atoms with Crippen molar-refractivity contribution in [2.75, 3.05) is 18.4 Å². The molecule has 88 valence electrons. The first-order valence-electron chi connectivity index (χ1n) is 6.20. The van der Waals surface area contributed by atoms with Crippen LogP contribution in [0.5, 0.6) is 0 Å². The second kappa shape index (κ2) is 4.46. The summed E-state index contributed by atoms with van der Waals surface area (Å²) in [5.74, 6) is 0.566. The number of para-hydroxylation sites is 1. The fourth-order valence-electron chi connectivity index (χ4n) is 2.07. The third kappa shape index (κ3) is 2.38. The van der Waals surface area contributed by atoms with Gasteiger partial charge < -0.3 is 11.1 Å². The van der Waals surface area contributed by atoms with Gasteiger partial charge in [0.1, 0.15) is 0 Å². The molecule has 1 saturated carbocycles. The van der Waals surface area contributed by atoms with Gasteiger partial charge in [0.05, 0.1) is 0 Å². The molecule has 1 aromatic carbocycles. The van der Waals surface area contributed by atoms with Crippen molar-refractivity contribution in [1.82, 2.24) is 0 Å². The SMILES string of the molecule is CC(C)c1ccccc1NCC1(CN)CC1. The Bertz CT molecular complexity index is 354. The van der Waals surface area contributed by atoms with E-state index >= 15 is 0 Å². The first-order valence-corrected chi connectivity index (χ1v) is 6.20. The van der Waals surface area contributed by atoms with Crippen LogP contribution in [0, 0.1) is 5.41 Å². The number of anilines is 1. The average Bonchev–Trinajstić information content (AvgIpc) is 3.07. The number of nitrogens with one attached hydrogen (secondary N) is 1. The topological polar surface area (TPSA) is 38.0 Å². The lowest BCUT2D eigenvalue weighted by atomic mass is 10.0. The van der Waals surface area contributed by atoms with E-state index in [-0.39, 0.29) is 0 Å². The van der Waals surface area contributed by atoms with E-state index in [0.717, 1.165) is 13.1 Å². The van der Waals surface area contributed by atoms with Crippen LogP contribution in [0.4, 0.5) is 5.69 Å². The molecule has 0 saturated heterocycles. The Labute approximate surface area is 98.2 Å². The van der Waals surface area contributed by atoms with E-state index < -0.39 is 0 Å². The van der Waals surface area contributed by atoms with Gasteiger partial charge in [-0.05, 0) is 42.3 Å². The Morgan fingerprint density at radius 2 is 2.00 bits per heavy atom. The molecule has 1 aromatic rings. The van der Waals surface area contributed by atoms with E-state index in [1.165, 1.54) is 24.1 Å². The first-order chi connectivity index (χ1) is 7.67. The van der Waals surface area contributed by atoms with Crippen LogP contribution in [0.25, 0.3) is 0 Å². The Morgan fingerprint density at radius 1 is 1.31 bits per heavy atom. The molecule has 2 rings (SSSR count). The van der Waals surface area contributed by atoms with Gasteiger partial charge in [-0.25, -0.2) is 0 Å². The highest BCUT2D eigenvalue weighted by atomic mass is 14.9. The van der Waals surface area contributed by atoms with Gasteiger partial charge in [-0.2, -0.15) is 0 Å². The first kappa shape index (κ1) is 11.5. The van der Waals surface area contributed by atoms with Gasteiger partial charge in [0, 0.05) is 12.2 Å². The molecule has 0 heterocycles. The summed E-state index contributed by atoms with van der Waals surface area (Å²) >= 11 is 0. The van der Waals surface area contributed by atoms with Crippen LogP contribution in [0.3, 0.4) is 0 Å². The molecule has 0 spiro atoms. The zero-order chi connectivity index (χ0) is 11.6. The van der Waals surface area contributed by atoms with Gasteiger partial charge in [0.15, 0.2) is 0 Å². The van der Waals surface area contributed by atoms with Gasteiger partial charge in [0.2, 0.25) is 0 Å². The van der Waals surface area contributed by atoms with E-state index in [4.69, 9.17) is 5.73 Å². The Balaban J connectivity index is 2.03. The van der Waals surface area contributed by atoms with E-state index in [0.29, 0.717) is 11.3 Å². The summed E-state index contributed by atoms with van der Waals surface area (Å²) in [6.07, 6.45) is 2.56. The van der Waals surface area contributed by atoms with Gasteiger partial charge in [0.25, 0.3) is 0 Å². The fourth-order valence-corrected chi connectivity index (χ4v) is 2.07. The maximum Gasteiger partial charge on any atom is 0.0375 e. The van der Waals surface area contributed by atoms with Crippen LogP contribution in [-0.2, 0) is 0 Å². The van der Waals surface area contributed by atoms with Crippen LogP contribution < -0.4 is 11.1 Å². The molecule has 2 heteroatoms. The van der Waals surface area contributed by atoms with Gasteiger partial charge >= 0.3 is 0 Å². The lowest BCUT2D eigenvalue weighted by Crippen LogP contribution is -2.24. The van der Waals surface area contributed by atoms with Crippen molar-refractivity contribution in [2.24, 2.45) is 11.1 Å². The maximum absolute atomic E-state index is 5.79. The molecule has 0 bridgehead atoms. The van der Waals surface area contributed by atoms with E-state index in [2.05, 4.69) is 43.4 Å². The third-order valence-electron chi connectivity index (χ3n) is 3.63. The quantitative estimate of drug-likeness (QED) is 0.797. The molecular formula is C14H22N2. The van der Waals surface area contributed by atoms with E-state index in [9.17, 15) is 0 Å². The van der Waals surface area contributed by atoms with Crippen molar-refractivity contribution < 1.29 is 0 Å². The second-order valence-corrected chi connectivity index (χ2v) is 5.30. The number of hydrogen-bond donors (Lipinski definition) is 2. The van der Waals surface area contributed by atoms with E-state index in [1.54, 1.807) is 0 Å². The number of rotatable bonds is 5. The standard InChI is InChI=1S/C14H22N2/c1-11(2)12-5-3-4-6-13(12)16-10-14(9-15)7-8-14/h3-6,11,16H,7-10,15H2,1-2H3. The van der Waals surface area contributed by atoms with Gasteiger partial charge in [-0.3, -0.25) is 0 Å². The van der Waals surface area contributed by atoms with Crippen molar-refractivity contribution in [1.29, 1.82) is 0 Å². The molecule has 3 N–H and O–H groups in total. The predicted molar refractivity (Wildman–Crippen MR) is 69.7 cm³/mol. The monoisotopic (exact) mass is 218 g/mol. The molecular weight excluding hydrogens is 196 g/mol. The minimum atomic E-state index is 0.393. The predicted octanol–water partition coefficient (Wildman–Crippen LogP) is 2.96. The zero-order valence-electron chi connectivity index (χ0n) is 10.3. The highest BCUT2D eigenvalue weighted by Crippen LogP contribution is 2.44. The molecule has 16 heavy (non-hydrogen) atoms. The van der Waals surface area contributed by atoms with Gasteiger partial charge in [-0.15, -0.1) is 0 Å². The van der Waals surface area contributed by atoms with Crippen molar-refractivity contribution in [2.45, 2.75) is 32.6 Å². The molecule has 2 nitrogen and oxygen atoms in total. The second-order valence-electron chi connectivity index (χ2n) is 5.30. The molecule has 0 aliphatic heterocycles. The summed E-state index contributed by atoms with van der Waals surface area (Å²) in [4.78, 5) is 0. The zero-order valence-corrected chi connectivity index (χ0v) is 10.3. The number of nitrogens with two attached hydrogens (primary N) is 1. The summed E-state index contributed by atoms with van der Waals surface area (Å²) in [5, 5.41) is 3.57. The van der Waals surface area contributed by atoms with Crippen LogP contribution in [0.1, 0.15) is 38.2 Å². The molecule has 1 aliphatic carbocycles. The highest BCUT2D eigenvalue weighted by Gasteiger charge is 2.40. The van der Waals surface area contributed by atoms with Crippen molar-refractivity contribution in [3.63, 3.8) is 0 Å². The van der Waals surface area contributed by atoms with Crippen LogP contribution in [0.2, 0.25) is 0 Å². The highest BCUT2D eigenvalue weighted by molar-refractivity contribution is 5.52. The van der Waals surface area contributed by atoms with Crippen LogP contribution in [0.15, 0.2) is 24.3 Å². The summed E-state index contributed by atoms with van der Waals surface area (Å²) in [6, 6.07) is 8.57. The summed E-state index contributed by atoms with van der Waals surface area (Å²) in [5.41, 5.74) is 8.86. The fraction of sp³-hybridized carbons (Fsp3) is 0.571. The summed E-state index contributed by atoms with van der Waals surface area (Å²) in [6.45, 7) is 6.30. The molecule has 1 aliphatic rings. The molecule has 0 atom stereocenters. The maximum atomic E-state index is 5.79. The van der Waals surface area contributed by atoms with E-state index in [1.807, 2.05) is 0 Å². The summed E-state index contributed by atoms with van der Waals surface area (Å²) < 4.78 is 0. The van der Waals surface area contributed by atoms with Crippen molar-refractivity contribution in [3.8, 4) is 0 Å². The Kier molecular flexibility index (Phi) is 3.20. The third-order valence-corrected chi connectivity index (χ3v) is 3.63. The smallest absolute Gasteiger partial charge is 0.0375 e. The number of benzene rings is 1. The average molecular weight is 218 g/mol. The Morgan fingerprint density at radius 3 is 2.56 bits per heavy atom. The largest absolute Gasteiger partial charge is 0.384 e. The summed E-state index contributed by atoms with van der Waals surface area (Å²) in [7, 11) is 0. The molecule has 0 radical (unpaired) electrons. The minimum Gasteiger partial charge on any atom is -0.384 e.